The van der Waals surface area contributed by atoms with E-state index in [9.17, 15) is 23.2 Å². The smallest absolute Gasteiger partial charge is 0.362 e. The molecule has 25 heavy (non-hydrogen) atoms. The standard InChI is InChI=1S/C15H10Cl2N2O5S/c1-7-4-8(16)6-9(5-7)25(23,24)11-3-2-10(17)12-13(11)18-15(21)19(22)14(12)20/h2-6,22H,1H3,(H,18,21). The molecule has 130 valence electrons. The topological polar surface area (TPSA) is 109 Å². The second-order valence-corrected chi connectivity index (χ2v) is 8.07. The first-order valence-corrected chi connectivity index (χ1v) is 9.06. The van der Waals surface area contributed by atoms with Crippen LogP contribution in [0.4, 0.5) is 0 Å². The number of H-pyrrole nitrogens is 1. The number of rotatable bonds is 2. The van der Waals surface area contributed by atoms with Gasteiger partial charge in [-0.3, -0.25) is 4.79 Å². The summed E-state index contributed by atoms with van der Waals surface area (Å²) >= 11 is 11.9. The van der Waals surface area contributed by atoms with Crippen LogP contribution in [0.2, 0.25) is 10.0 Å². The average Bonchev–Trinajstić information content (AvgIpc) is 2.51. The highest BCUT2D eigenvalue weighted by atomic mass is 35.5. The van der Waals surface area contributed by atoms with Crippen molar-refractivity contribution < 1.29 is 13.6 Å². The third kappa shape index (κ3) is 2.82. The zero-order chi connectivity index (χ0) is 18.5. The summed E-state index contributed by atoms with van der Waals surface area (Å²) in [5.41, 5.74) is -1.97. The van der Waals surface area contributed by atoms with Crippen LogP contribution in [-0.4, -0.2) is 23.3 Å². The number of sulfone groups is 1. The number of aromatic nitrogens is 2. The molecule has 0 aliphatic heterocycles. The lowest BCUT2D eigenvalue weighted by atomic mass is 10.2. The molecule has 0 atom stereocenters. The van der Waals surface area contributed by atoms with Gasteiger partial charge in [-0.1, -0.05) is 27.9 Å². The van der Waals surface area contributed by atoms with E-state index in [1.165, 1.54) is 24.3 Å². The average molecular weight is 401 g/mol. The van der Waals surface area contributed by atoms with Gasteiger partial charge in [-0.2, -0.15) is 0 Å². The fourth-order valence-corrected chi connectivity index (χ4v) is 4.60. The van der Waals surface area contributed by atoms with Crippen LogP contribution in [0.3, 0.4) is 0 Å². The Morgan fingerprint density at radius 2 is 1.80 bits per heavy atom. The minimum atomic E-state index is -4.12. The van der Waals surface area contributed by atoms with Crippen LogP contribution in [0, 0.1) is 6.92 Å². The van der Waals surface area contributed by atoms with E-state index in [1.807, 2.05) is 0 Å². The molecule has 0 amide bonds. The molecule has 0 aliphatic carbocycles. The van der Waals surface area contributed by atoms with E-state index in [4.69, 9.17) is 23.2 Å². The molecule has 1 heterocycles. The van der Waals surface area contributed by atoms with Crippen molar-refractivity contribution in [2.45, 2.75) is 16.7 Å². The third-order valence-corrected chi connectivity index (χ3v) is 5.87. The van der Waals surface area contributed by atoms with Gasteiger partial charge >= 0.3 is 5.69 Å². The molecular weight excluding hydrogens is 391 g/mol. The van der Waals surface area contributed by atoms with Crippen LogP contribution in [0.25, 0.3) is 10.9 Å². The Morgan fingerprint density at radius 3 is 2.44 bits per heavy atom. The van der Waals surface area contributed by atoms with E-state index >= 15 is 0 Å². The number of benzene rings is 2. The molecule has 2 aromatic carbocycles. The van der Waals surface area contributed by atoms with E-state index in [0.29, 0.717) is 5.56 Å². The molecule has 0 radical (unpaired) electrons. The highest BCUT2D eigenvalue weighted by Crippen LogP contribution is 2.30. The molecule has 0 saturated heterocycles. The summed E-state index contributed by atoms with van der Waals surface area (Å²) in [6.07, 6.45) is 0. The molecule has 2 N–H and O–H groups in total. The summed E-state index contributed by atoms with van der Waals surface area (Å²) in [5.74, 6) is 0. The number of aromatic amines is 1. The molecule has 0 fully saturated rings. The van der Waals surface area contributed by atoms with E-state index in [0.717, 1.165) is 0 Å². The molecule has 7 nitrogen and oxygen atoms in total. The first-order chi connectivity index (χ1) is 11.6. The Balaban J connectivity index is 2.46. The van der Waals surface area contributed by atoms with Crippen LogP contribution >= 0.6 is 23.2 Å². The van der Waals surface area contributed by atoms with E-state index in [1.54, 1.807) is 13.0 Å². The molecule has 0 spiro atoms. The molecule has 1 aromatic heterocycles. The fraction of sp³-hybridized carbons (Fsp3) is 0.0667. The highest BCUT2D eigenvalue weighted by molar-refractivity contribution is 7.91. The monoisotopic (exact) mass is 400 g/mol. The zero-order valence-corrected chi connectivity index (χ0v) is 14.9. The van der Waals surface area contributed by atoms with Crippen LogP contribution in [-0.2, 0) is 9.84 Å². The molecule has 0 saturated carbocycles. The lowest BCUT2D eigenvalue weighted by molar-refractivity contribution is 0.162. The number of aryl methyl sites for hydroxylation is 1. The largest absolute Gasteiger partial charge is 0.421 e. The van der Waals surface area contributed by atoms with Crippen molar-refractivity contribution in [3.05, 3.63) is 66.8 Å². The summed E-state index contributed by atoms with van der Waals surface area (Å²) in [4.78, 5) is 25.5. The van der Waals surface area contributed by atoms with Gasteiger partial charge in [-0.15, -0.1) is 0 Å². The second-order valence-electron chi connectivity index (χ2n) is 5.31. The predicted molar refractivity (Wildman–Crippen MR) is 92.7 cm³/mol. The van der Waals surface area contributed by atoms with Crippen LogP contribution in [0.15, 0.2) is 49.7 Å². The molecular formula is C15H10Cl2N2O5S. The molecule has 0 unspecified atom stereocenters. The lowest BCUT2D eigenvalue weighted by Gasteiger charge is -2.10. The van der Waals surface area contributed by atoms with E-state index in [2.05, 4.69) is 4.98 Å². The van der Waals surface area contributed by atoms with Gasteiger partial charge in [0.05, 0.1) is 25.7 Å². The van der Waals surface area contributed by atoms with Gasteiger partial charge < -0.3 is 10.2 Å². The Hall–Kier alpha value is -2.29. The Kier molecular flexibility index (Phi) is 4.14. The maximum atomic E-state index is 13.0. The van der Waals surface area contributed by atoms with Crippen molar-refractivity contribution >= 4 is 43.9 Å². The van der Waals surface area contributed by atoms with Gasteiger partial charge in [0.25, 0.3) is 5.56 Å². The van der Waals surface area contributed by atoms with Gasteiger partial charge in [0.1, 0.15) is 0 Å². The van der Waals surface area contributed by atoms with Crippen molar-refractivity contribution in [2.75, 3.05) is 0 Å². The van der Waals surface area contributed by atoms with Crippen molar-refractivity contribution in [1.82, 2.24) is 9.71 Å². The number of fused-ring (bicyclic) bond motifs is 1. The van der Waals surface area contributed by atoms with Gasteiger partial charge in [0.15, 0.2) is 0 Å². The molecule has 3 aromatic rings. The minimum Gasteiger partial charge on any atom is -0.421 e. The maximum absolute atomic E-state index is 13.0. The summed E-state index contributed by atoms with van der Waals surface area (Å²) in [7, 11) is -4.12. The second kappa shape index (κ2) is 5.91. The van der Waals surface area contributed by atoms with Gasteiger partial charge in [-0.05, 0) is 42.8 Å². The van der Waals surface area contributed by atoms with Crippen LogP contribution in [0.1, 0.15) is 5.56 Å². The summed E-state index contributed by atoms with van der Waals surface area (Å²) in [5, 5.41) is 9.25. The van der Waals surface area contributed by atoms with E-state index < -0.39 is 21.1 Å². The van der Waals surface area contributed by atoms with Crippen molar-refractivity contribution in [1.29, 1.82) is 0 Å². The number of nitrogens with one attached hydrogen (secondary N) is 1. The van der Waals surface area contributed by atoms with Crippen molar-refractivity contribution in [3.63, 3.8) is 0 Å². The predicted octanol–water partition coefficient (Wildman–Crippen LogP) is 2.38. The normalized spacial score (nSPS) is 11.8. The quantitative estimate of drug-likeness (QED) is 0.641. The Labute approximate surface area is 150 Å². The summed E-state index contributed by atoms with van der Waals surface area (Å²) < 4.78 is 25.8. The first-order valence-electron chi connectivity index (χ1n) is 6.82. The summed E-state index contributed by atoms with van der Waals surface area (Å²) in [6, 6.07) is 6.64. The summed E-state index contributed by atoms with van der Waals surface area (Å²) in [6.45, 7) is 1.68. The van der Waals surface area contributed by atoms with Gasteiger partial charge in [-0.25, -0.2) is 13.2 Å². The third-order valence-electron chi connectivity index (χ3n) is 3.56. The number of nitrogens with zero attached hydrogens (tertiary/aromatic N) is 1. The number of hydrogen-bond donors (Lipinski definition) is 2. The minimum absolute atomic E-state index is 0.102. The van der Waals surface area contributed by atoms with Crippen LogP contribution in [0.5, 0.6) is 0 Å². The van der Waals surface area contributed by atoms with Crippen LogP contribution < -0.4 is 11.2 Å². The van der Waals surface area contributed by atoms with E-state index in [-0.39, 0.29) is 35.5 Å². The lowest BCUT2D eigenvalue weighted by Crippen LogP contribution is -2.33. The molecule has 3 rings (SSSR count). The highest BCUT2D eigenvalue weighted by Gasteiger charge is 2.24. The zero-order valence-electron chi connectivity index (χ0n) is 12.6. The van der Waals surface area contributed by atoms with Crippen molar-refractivity contribution in [3.8, 4) is 0 Å². The Morgan fingerprint density at radius 1 is 1.12 bits per heavy atom. The van der Waals surface area contributed by atoms with Gasteiger partial charge in [0, 0.05) is 5.02 Å². The molecule has 0 bridgehead atoms. The fourth-order valence-electron chi connectivity index (χ4n) is 2.46. The number of hydrogen-bond acceptors (Lipinski definition) is 5. The first kappa shape index (κ1) is 17.5. The number of halogens is 2. The molecule has 0 aliphatic rings. The SMILES string of the molecule is Cc1cc(Cl)cc(S(=O)(=O)c2ccc(Cl)c3c(=O)n(O)c(=O)[nH]c23)c1. The van der Waals surface area contributed by atoms with Crippen molar-refractivity contribution in [2.24, 2.45) is 0 Å². The maximum Gasteiger partial charge on any atom is 0.362 e. The van der Waals surface area contributed by atoms with Gasteiger partial charge in [0.2, 0.25) is 9.84 Å². The Bertz CT molecular complexity index is 1220. The molecule has 10 heteroatoms.